The van der Waals surface area contributed by atoms with E-state index in [1.807, 2.05) is 24.3 Å². The summed E-state index contributed by atoms with van der Waals surface area (Å²) in [5.74, 6) is -0.789. The van der Waals surface area contributed by atoms with Crippen molar-refractivity contribution in [3.63, 3.8) is 0 Å². The number of fused-ring (bicyclic) bond motifs is 2. The van der Waals surface area contributed by atoms with Gasteiger partial charge in [-0.3, -0.25) is 15.1 Å². The number of esters is 1. The third-order valence-electron chi connectivity index (χ3n) is 4.94. The van der Waals surface area contributed by atoms with Crippen molar-refractivity contribution in [2.45, 2.75) is 46.1 Å². The number of pyridine rings is 1. The summed E-state index contributed by atoms with van der Waals surface area (Å²) in [6.07, 6.45) is 1.49. The van der Waals surface area contributed by atoms with Crippen LogP contribution in [0.4, 0.5) is 4.79 Å². The number of nitrogens with zero attached hydrogens (tertiary/aromatic N) is 1. The number of amides is 3. The fourth-order valence-corrected chi connectivity index (χ4v) is 3.49. The number of para-hydroxylation sites is 1. The van der Waals surface area contributed by atoms with Crippen molar-refractivity contribution >= 4 is 28.8 Å². The maximum absolute atomic E-state index is 13.0. The number of imide groups is 1. The van der Waals surface area contributed by atoms with Gasteiger partial charge >= 0.3 is 12.0 Å². The molecule has 1 aliphatic rings. The van der Waals surface area contributed by atoms with Gasteiger partial charge in [0.25, 0.3) is 5.91 Å². The van der Waals surface area contributed by atoms with Gasteiger partial charge in [0.1, 0.15) is 0 Å². The molecule has 3 rings (SSSR count). The normalized spacial score (nSPS) is 16.8. The van der Waals surface area contributed by atoms with Crippen LogP contribution >= 0.6 is 0 Å². The first-order valence-corrected chi connectivity index (χ1v) is 9.60. The summed E-state index contributed by atoms with van der Waals surface area (Å²) in [6, 6.07) is 6.83. The lowest BCUT2D eigenvalue weighted by Crippen LogP contribution is -2.44. The molecule has 0 fully saturated rings. The molecule has 1 aromatic carbocycles. The first-order chi connectivity index (χ1) is 13.4. The van der Waals surface area contributed by atoms with E-state index in [2.05, 4.69) is 17.6 Å². The van der Waals surface area contributed by atoms with Gasteiger partial charge < -0.3 is 10.1 Å². The molecular formula is C21H25N3O4. The Bertz CT molecular complexity index is 925. The van der Waals surface area contributed by atoms with Crippen molar-refractivity contribution in [2.24, 2.45) is 5.92 Å². The molecule has 1 aromatic heterocycles. The maximum Gasteiger partial charge on any atom is 0.339 e. The molecule has 3 amide bonds. The van der Waals surface area contributed by atoms with Crippen molar-refractivity contribution in [3.05, 3.63) is 41.1 Å². The zero-order valence-corrected chi connectivity index (χ0v) is 16.4. The molecule has 2 aromatic rings. The summed E-state index contributed by atoms with van der Waals surface area (Å²) in [7, 11) is 0. The van der Waals surface area contributed by atoms with Crippen molar-refractivity contribution in [1.29, 1.82) is 0 Å². The number of urea groups is 1. The van der Waals surface area contributed by atoms with E-state index in [1.54, 1.807) is 6.92 Å². The third-order valence-corrected chi connectivity index (χ3v) is 4.94. The summed E-state index contributed by atoms with van der Waals surface area (Å²) >= 11 is 0. The van der Waals surface area contributed by atoms with E-state index in [1.165, 1.54) is 6.92 Å². The van der Waals surface area contributed by atoms with Crippen molar-refractivity contribution in [2.75, 3.05) is 6.54 Å². The second-order valence-electron chi connectivity index (χ2n) is 7.17. The summed E-state index contributed by atoms with van der Waals surface area (Å²) in [5, 5.41) is 5.35. The molecule has 0 spiro atoms. The molecule has 2 N–H and O–H groups in total. The highest BCUT2D eigenvalue weighted by Crippen LogP contribution is 2.32. The minimum absolute atomic E-state index is 0.389. The minimum Gasteiger partial charge on any atom is -0.449 e. The Kier molecular flexibility index (Phi) is 5.92. The van der Waals surface area contributed by atoms with E-state index in [0.29, 0.717) is 18.0 Å². The monoisotopic (exact) mass is 383 g/mol. The molecule has 0 radical (unpaired) electrons. The number of hydrogen-bond donors (Lipinski definition) is 2. The van der Waals surface area contributed by atoms with E-state index in [0.717, 1.165) is 41.4 Å². The second kappa shape index (κ2) is 8.37. The van der Waals surface area contributed by atoms with Gasteiger partial charge in [-0.1, -0.05) is 25.1 Å². The standard InChI is InChI=1S/C21H25N3O4/c1-4-22-21(27)24-19(25)13(3)28-20(26)18-14-7-5-6-8-16(14)23-17-10-9-12(2)11-15(17)18/h5-8,12-13H,4,9-11H2,1-3H3,(H2,22,24,25,27)/t12-,13+/m0/s1. The molecule has 148 valence electrons. The molecule has 7 heteroatoms. The van der Waals surface area contributed by atoms with Gasteiger partial charge in [-0.15, -0.1) is 0 Å². The van der Waals surface area contributed by atoms with Crippen LogP contribution in [0.2, 0.25) is 0 Å². The third kappa shape index (κ3) is 4.13. The zero-order valence-electron chi connectivity index (χ0n) is 16.4. The molecule has 1 aliphatic carbocycles. The zero-order chi connectivity index (χ0) is 20.3. The highest BCUT2D eigenvalue weighted by atomic mass is 16.5. The lowest BCUT2D eigenvalue weighted by molar-refractivity contribution is -0.127. The smallest absolute Gasteiger partial charge is 0.339 e. The van der Waals surface area contributed by atoms with Crippen LogP contribution in [0.3, 0.4) is 0 Å². The van der Waals surface area contributed by atoms with Crippen LogP contribution in [0.1, 0.15) is 48.8 Å². The van der Waals surface area contributed by atoms with Crippen LogP contribution in [0, 0.1) is 5.92 Å². The Labute approximate surface area is 163 Å². The van der Waals surface area contributed by atoms with Gasteiger partial charge in [0, 0.05) is 17.6 Å². The van der Waals surface area contributed by atoms with Crippen molar-refractivity contribution in [1.82, 2.24) is 15.6 Å². The van der Waals surface area contributed by atoms with Crippen LogP contribution in [0.15, 0.2) is 24.3 Å². The predicted molar refractivity (Wildman–Crippen MR) is 105 cm³/mol. The Morgan fingerprint density at radius 2 is 2.04 bits per heavy atom. The van der Waals surface area contributed by atoms with E-state index < -0.39 is 24.0 Å². The van der Waals surface area contributed by atoms with E-state index in [-0.39, 0.29) is 0 Å². The van der Waals surface area contributed by atoms with Gasteiger partial charge in [-0.2, -0.15) is 0 Å². The highest BCUT2D eigenvalue weighted by molar-refractivity contribution is 6.06. The number of ether oxygens (including phenoxy) is 1. The molecule has 0 aliphatic heterocycles. The molecule has 1 heterocycles. The lowest BCUT2D eigenvalue weighted by atomic mass is 9.84. The average molecular weight is 383 g/mol. The van der Waals surface area contributed by atoms with Crippen LogP contribution in [-0.4, -0.2) is 35.5 Å². The molecule has 0 saturated carbocycles. The summed E-state index contributed by atoms with van der Waals surface area (Å²) in [4.78, 5) is 41.4. The van der Waals surface area contributed by atoms with Crippen LogP contribution < -0.4 is 10.6 Å². The number of benzene rings is 1. The van der Waals surface area contributed by atoms with E-state index in [9.17, 15) is 14.4 Å². The van der Waals surface area contributed by atoms with E-state index >= 15 is 0 Å². The number of rotatable bonds is 4. The molecule has 7 nitrogen and oxygen atoms in total. The largest absolute Gasteiger partial charge is 0.449 e. The SMILES string of the molecule is CCNC(=O)NC(=O)[C@@H](C)OC(=O)c1c2c(nc3ccccc13)CC[C@H](C)C2. The fourth-order valence-electron chi connectivity index (χ4n) is 3.49. The summed E-state index contributed by atoms with van der Waals surface area (Å²) in [6.45, 7) is 5.73. The Hall–Kier alpha value is -2.96. The molecule has 0 unspecified atom stereocenters. The van der Waals surface area contributed by atoms with Crippen molar-refractivity contribution in [3.8, 4) is 0 Å². The summed E-state index contributed by atoms with van der Waals surface area (Å²) in [5.41, 5.74) is 3.04. The maximum atomic E-state index is 13.0. The summed E-state index contributed by atoms with van der Waals surface area (Å²) < 4.78 is 5.43. The number of aryl methyl sites for hydroxylation is 1. The number of nitrogens with one attached hydrogen (secondary N) is 2. The Morgan fingerprint density at radius 3 is 2.79 bits per heavy atom. The molecule has 28 heavy (non-hydrogen) atoms. The fraction of sp³-hybridized carbons (Fsp3) is 0.429. The highest BCUT2D eigenvalue weighted by Gasteiger charge is 2.28. The first kappa shape index (κ1) is 19.8. The number of carbonyl (C=O) groups is 3. The van der Waals surface area contributed by atoms with Gasteiger partial charge in [-0.25, -0.2) is 9.59 Å². The number of hydrogen-bond acceptors (Lipinski definition) is 5. The van der Waals surface area contributed by atoms with E-state index in [4.69, 9.17) is 9.72 Å². The Balaban J connectivity index is 1.90. The molecule has 0 bridgehead atoms. The van der Waals surface area contributed by atoms with Gasteiger partial charge in [0.15, 0.2) is 6.10 Å². The molecule has 2 atom stereocenters. The van der Waals surface area contributed by atoms with Crippen molar-refractivity contribution < 1.29 is 19.1 Å². The van der Waals surface area contributed by atoms with Crippen LogP contribution in [0.25, 0.3) is 10.9 Å². The lowest BCUT2D eigenvalue weighted by Gasteiger charge is -2.24. The minimum atomic E-state index is -1.10. The second-order valence-corrected chi connectivity index (χ2v) is 7.17. The van der Waals surface area contributed by atoms with Gasteiger partial charge in [0.2, 0.25) is 0 Å². The number of carbonyl (C=O) groups excluding carboxylic acids is 3. The first-order valence-electron chi connectivity index (χ1n) is 9.60. The molecule has 0 saturated heterocycles. The predicted octanol–water partition coefficient (Wildman–Crippen LogP) is 2.75. The molecular weight excluding hydrogens is 358 g/mol. The van der Waals surface area contributed by atoms with Gasteiger partial charge in [-0.05, 0) is 50.7 Å². The quantitative estimate of drug-likeness (QED) is 0.791. The van der Waals surface area contributed by atoms with Crippen LogP contribution in [-0.2, 0) is 22.4 Å². The topological polar surface area (TPSA) is 97.4 Å². The Morgan fingerprint density at radius 1 is 1.29 bits per heavy atom. The van der Waals surface area contributed by atoms with Gasteiger partial charge in [0.05, 0.1) is 11.1 Å². The average Bonchev–Trinajstić information content (AvgIpc) is 2.66. The number of aromatic nitrogens is 1. The van der Waals surface area contributed by atoms with Crippen LogP contribution in [0.5, 0.6) is 0 Å².